The first-order valence-corrected chi connectivity index (χ1v) is 10.3. The van der Waals surface area contributed by atoms with E-state index < -0.39 is 0 Å². The van der Waals surface area contributed by atoms with Crippen molar-refractivity contribution in [2.45, 2.75) is 6.54 Å². The Morgan fingerprint density at radius 2 is 1.68 bits per heavy atom. The Balaban J connectivity index is 1.34. The second-order valence-electron chi connectivity index (χ2n) is 6.84. The molecule has 0 aliphatic carbocycles. The van der Waals surface area contributed by atoms with Gasteiger partial charge in [-0.05, 0) is 36.4 Å². The molecule has 0 atom stereocenters. The molecule has 1 aliphatic heterocycles. The Kier molecular flexibility index (Phi) is 5.78. The summed E-state index contributed by atoms with van der Waals surface area (Å²) in [5, 5.41) is 3.24. The van der Waals surface area contributed by atoms with Crippen LogP contribution >= 0.6 is 11.3 Å². The lowest BCUT2D eigenvalue weighted by Crippen LogP contribution is -2.46. The van der Waals surface area contributed by atoms with Crippen LogP contribution in [0, 0.1) is 0 Å². The summed E-state index contributed by atoms with van der Waals surface area (Å²) in [6.07, 6.45) is 0. The minimum atomic E-state index is 0.870. The van der Waals surface area contributed by atoms with E-state index in [0.717, 1.165) is 60.5 Å². The van der Waals surface area contributed by atoms with Crippen LogP contribution in [0.2, 0.25) is 0 Å². The molecule has 0 N–H and O–H groups in total. The number of ether oxygens (including phenoxy) is 2. The molecule has 0 bridgehead atoms. The monoisotopic (exact) mass is 395 g/mol. The second-order valence-corrected chi connectivity index (χ2v) is 7.70. The van der Waals surface area contributed by atoms with Gasteiger partial charge in [0.2, 0.25) is 0 Å². The van der Waals surface area contributed by atoms with E-state index >= 15 is 0 Å². The third-order valence-corrected chi connectivity index (χ3v) is 6.01. The molecule has 2 heterocycles. The predicted molar refractivity (Wildman–Crippen MR) is 115 cm³/mol. The fourth-order valence-corrected chi connectivity index (χ4v) is 4.26. The first kappa shape index (κ1) is 18.8. The zero-order chi connectivity index (χ0) is 19.3. The number of anilines is 1. The number of nitrogens with zero attached hydrogens (tertiary/aromatic N) is 3. The fourth-order valence-electron chi connectivity index (χ4n) is 3.45. The highest BCUT2D eigenvalue weighted by Gasteiger charge is 2.18. The Hall–Kier alpha value is -2.57. The third-order valence-electron chi connectivity index (χ3n) is 5.07. The van der Waals surface area contributed by atoms with Crippen molar-refractivity contribution in [2.75, 3.05) is 45.3 Å². The second kappa shape index (κ2) is 8.63. The molecule has 146 valence electrons. The van der Waals surface area contributed by atoms with Crippen molar-refractivity contribution in [3.8, 4) is 22.1 Å². The molecular formula is C22H25N3O2S. The highest BCUT2D eigenvalue weighted by atomic mass is 32.1. The number of benzene rings is 2. The highest BCUT2D eigenvalue weighted by molar-refractivity contribution is 7.13. The van der Waals surface area contributed by atoms with Crippen molar-refractivity contribution in [1.29, 1.82) is 0 Å². The number of hydrogen-bond acceptors (Lipinski definition) is 6. The van der Waals surface area contributed by atoms with Crippen molar-refractivity contribution in [3.63, 3.8) is 0 Å². The van der Waals surface area contributed by atoms with Crippen LogP contribution in [-0.4, -0.2) is 50.3 Å². The van der Waals surface area contributed by atoms with Crippen LogP contribution in [0.1, 0.15) is 5.69 Å². The lowest BCUT2D eigenvalue weighted by molar-refractivity contribution is 0.247. The van der Waals surface area contributed by atoms with Gasteiger partial charge in [0.15, 0.2) is 0 Å². The molecule has 0 saturated carbocycles. The maximum atomic E-state index is 5.35. The molecule has 4 rings (SSSR count). The van der Waals surface area contributed by atoms with E-state index in [0.29, 0.717) is 0 Å². The fraction of sp³-hybridized carbons (Fsp3) is 0.318. The van der Waals surface area contributed by atoms with Crippen molar-refractivity contribution in [2.24, 2.45) is 0 Å². The third kappa shape index (κ3) is 4.29. The van der Waals surface area contributed by atoms with E-state index in [4.69, 9.17) is 14.5 Å². The Morgan fingerprint density at radius 1 is 0.929 bits per heavy atom. The number of rotatable bonds is 6. The summed E-state index contributed by atoms with van der Waals surface area (Å²) in [5.41, 5.74) is 3.51. The van der Waals surface area contributed by atoms with Gasteiger partial charge in [0.25, 0.3) is 0 Å². The number of aromatic nitrogens is 1. The van der Waals surface area contributed by atoms with Crippen LogP contribution < -0.4 is 14.4 Å². The van der Waals surface area contributed by atoms with Gasteiger partial charge < -0.3 is 14.4 Å². The minimum Gasteiger partial charge on any atom is -0.497 e. The van der Waals surface area contributed by atoms with Crippen LogP contribution in [-0.2, 0) is 6.54 Å². The molecule has 3 aromatic rings. The van der Waals surface area contributed by atoms with E-state index in [9.17, 15) is 0 Å². The average Bonchev–Trinajstić information content (AvgIpc) is 3.23. The van der Waals surface area contributed by atoms with Crippen molar-refractivity contribution < 1.29 is 9.47 Å². The van der Waals surface area contributed by atoms with Gasteiger partial charge >= 0.3 is 0 Å². The maximum Gasteiger partial charge on any atom is 0.123 e. The first-order valence-electron chi connectivity index (χ1n) is 9.45. The van der Waals surface area contributed by atoms with Gasteiger partial charge in [0.05, 0.1) is 19.9 Å². The van der Waals surface area contributed by atoms with Crippen LogP contribution in [0.15, 0.2) is 53.9 Å². The predicted octanol–water partition coefficient (Wildman–Crippen LogP) is 4.15. The SMILES string of the molecule is COc1ccc(-c2nc(CN3CCN(c4cccc(OC)c4)CC3)cs2)cc1. The first-order chi connectivity index (χ1) is 13.7. The lowest BCUT2D eigenvalue weighted by atomic mass is 10.2. The normalized spacial score (nSPS) is 14.9. The van der Waals surface area contributed by atoms with Gasteiger partial charge in [-0.1, -0.05) is 6.07 Å². The zero-order valence-corrected chi connectivity index (χ0v) is 17.1. The molecule has 1 aliphatic rings. The summed E-state index contributed by atoms with van der Waals surface area (Å²) in [5.74, 6) is 1.78. The van der Waals surface area contributed by atoms with Gasteiger partial charge in [-0.2, -0.15) is 0 Å². The van der Waals surface area contributed by atoms with Gasteiger partial charge in [-0.3, -0.25) is 4.90 Å². The van der Waals surface area contributed by atoms with Gasteiger partial charge in [0.1, 0.15) is 16.5 Å². The molecule has 0 unspecified atom stereocenters. The number of hydrogen-bond donors (Lipinski definition) is 0. The minimum absolute atomic E-state index is 0.870. The molecule has 0 radical (unpaired) electrons. The molecule has 0 spiro atoms. The Bertz CT molecular complexity index is 902. The van der Waals surface area contributed by atoms with Crippen molar-refractivity contribution >= 4 is 17.0 Å². The summed E-state index contributed by atoms with van der Waals surface area (Å²) in [4.78, 5) is 9.73. The van der Waals surface area contributed by atoms with Gasteiger partial charge in [0, 0.05) is 55.4 Å². The van der Waals surface area contributed by atoms with Crippen LogP contribution in [0.25, 0.3) is 10.6 Å². The number of thiazole rings is 1. The summed E-state index contributed by atoms with van der Waals surface area (Å²) >= 11 is 1.70. The molecular weight excluding hydrogens is 370 g/mol. The number of methoxy groups -OCH3 is 2. The molecule has 0 amide bonds. The van der Waals surface area contributed by atoms with Gasteiger partial charge in [-0.15, -0.1) is 11.3 Å². The zero-order valence-electron chi connectivity index (χ0n) is 16.3. The highest BCUT2D eigenvalue weighted by Crippen LogP contribution is 2.27. The van der Waals surface area contributed by atoms with E-state index in [1.165, 1.54) is 5.69 Å². The van der Waals surface area contributed by atoms with Crippen LogP contribution in [0.4, 0.5) is 5.69 Å². The largest absolute Gasteiger partial charge is 0.497 e. The van der Waals surface area contributed by atoms with Crippen LogP contribution in [0.3, 0.4) is 0 Å². The summed E-state index contributed by atoms with van der Waals surface area (Å²) in [7, 11) is 3.40. The standard InChI is InChI=1S/C22H25N3O2S/c1-26-20-8-6-17(7-9-20)22-23-18(16-28-22)15-24-10-12-25(13-11-24)19-4-3-5-21(14-19)27-2/h3-9,14,16H,10-13,15H2,1-2H3. The van der Waals surface area contributed by atoms with Crippen molar-refractivity contribution in [3.05, 3.63) is 59.6 Å². The smallest absolute Gasteiger partial charge is 0.123 e. The van der Waals surface area contributed by atoms with E-state index in [1.54, 1.807) is 25.6 Å². The quantitative estimate of drug-likeness (QED) is 0.627. The van der Waals surface area contributed by atoms with Gasteiger partial charge in [-0.25, -0.2) is 4.98 Å². The molecule has 28 heavy (non-hydrogen) atoms. The Labute approximate surface area is 170 Å². The van der Waals surface area contributed by atoms with Crippen molar-refractivity contribution in [1.82, 2.24) is 9.88 Å². The Morgan fingerprint density at radius 3 is 2.39 bits per heavy atom. The lowest BCUT2D eigenvalue weighted by Gasteiger charge is -2.35. The van der Waals surface area contributed by atoms with E-state index in [1.807, 2.05) is 18.2 Å². The molecule has 6 heteroatoms. The summed E-state index contributed by atoms with van der Waals surface area (Å²) < 4.78 is 10.6. The molecule has 1 fully saturated rings. The number of piperazine rings is 1. The molecule has 1 saturated heterocycles. The summed E-state index contributed by atoms with van der Waals surface area (Å²) in [6, 6.07) is 16.4. The topological polar surface area (TPSA) is 37.8 Å². The van der Waals surface area contributed by atoms with E-state index in [-0.39, 0.29) is 0 Å². The van der Waals surface area contributed by atoms with E-state index in [2.05, 4.69) is 45.5 Å². The average molecular weight is 396 g/mol. The maximum absolute atomic E-state index is 5.35. The molecule has 5 nitrogen and oxygen atoms in total. The summed E-state index contributed by atoms with van der Waals surface area (Å²) in [6.45, 7) is 5.00. The molecule has 2 aromatic carbocycles. The van der Waals surface area contributed by atoms with Crippen LogP contribution in [0.5, 0.6) is 11.5 Å². The molecule has 1 aromatic heterocycles.